The first kappa shape index (κ1) is 34.6. The molecule has 2 N–H and O–H groups in total. The Morgan fingerprint density at radius 3 is 2.67 bits per heavy atom. The predicted molar refractivity (Wildman–Crippen MR) is 182 cm³/mol. The van der Waals surface area contributed by atoms with E-state index in [0.717, 1.165) is 6.07 Å². The van der Waals surface area contributed by atoms with Crippen LogP contribution in [0.25, 0.3) is 22.3 Å². The van der Waals surface area contributed by atoms with Gasteiger partial charge in [0.05, 0.1) is 35.2 Å². The number of benzene rings is 3. The number of fused-ring (bicyclic) bond motifs is 9. The summed E-state index contributed by atoms with van der Waals surface area (Å²) >= 11 is 0. The quantitative estimate of drug-likeness (QED) is 0.187. The average molecular weight is 715 g/mol. The zero-order valence-corrected chi connectivity index (χ0v) is 28.5. The molecule has 0 fully saturated rings. The van der Waals surface area contributed by atoms with E-state index in [1.165, 1.54) is 46.9 Å². The fourth-order valence-corrected chi connectivity index (χ4v) is 6.75. The molecular weight excluding hydrogens is 680 g/mol. The lowest BCUT2D eigenvalue weighted by Crippen LogP contribution is -2.32. The van der Waals surface area contributed by atoms with Crippen molar-refractivity contribution in [1.29, 1.82) is 0 Å². The van der Waals surface area contributed by atoms with Gasteiger partial charge in [-0.05, 0) is 66.8 Å². The number of ketones is 1. The van der Waals surface area contributed by atoms with Crippen molar-refractivity contribution in [2.24, 2.45) is 13.0 Å². The van der Waals surface area contributed by atoms with Gasteiger partial charge in [-0.1, -0.05) is 31.2 Å². The highest BCUT2D eigenvalue weighted by molar-refractivity contribution is 6.12. The molecule has 4 heterocycles. The first-order valence-electron chi connectivity index (χ1n) is 16.6. The Morgan fingerprint density at radius 1 is 1.08 bits per heavy atom. The summed E-state index contributed by atoms with van der Waals surface area (Å²) in [6, 6.07) is 14.9. The van der Waals surface area contributed by atoms with Gasteiger partial charge in [-0.25, -0.2) is 31.9 Å². The summed E-state index contributed by atoms with van der Waals surface area (Å²) in [5.41, 5.74) is 0.179. The second kappa shape index (κ2) is 13.1. The fraction of sp³-hybridized carbons (Fsp3) is 0.289. The normalized spacial score (nSPS) is 18.2. The van der Waals surface area contributed by atoms with E-state index < -0.39 is 53.7 Å². The number of carboxylic acids is 1. The van der Waals surface area contributed by atoms with E-state index in [1.807, 2.05) is 0 Å². The second-order valence-corrected chi connectivity index (χ2v) is 13.5. The summed E-state index contributed by atoms with van der Waals surface area (Å²) in [6.07, 6.45) is 2.30. The summed E-state index contributed by atoms with van der Waals surface area (Å²) < 4.78 is 71.4. The van der Waals surface area contributed by atoms with Gasteiger partial charge in [-0.3, -0.25) is 9.59 Å². The zero-order chi connectivity index (χ0) is 36.9. The molecule has 0 aliphatic carbocycles. The molecule has 0 radical (unpaired) electrons. The Balaban J connectivity index is 1.41. The van der Waals surface area contributed by atoms with Crippen molar-refractivity contribution in [3.05, 3.63) is 118 Å². The summed E-state index contributed by atoms with van der Waals surface area (Å²) in [4.78, 5) is 33.4. The van der Waals surface area contributed by atoms with Crippen molar-refractivity contribution in [2.45, 2.75) is 51.0 Å². The molecule has 0 saturated carbocycles. The molecule has 1 unspecified atom stereocenters. The van der Waals surface area contributed by atoms with Crippen LogP contribution in [0.5, 0.6) is 5.88 Å². The number of aryl methyl sites for hydroxylation is 1. The summed E-state index contributed by atoms with van der Waals surface area (Å²) in [5, 5.41) is 18.8. The molecule has 6 aromatic rings. The Bertz CT molecular complexity index is 2350. The van der Waals surface area contributed by atoms with Crippen LogP contribution < -0.4 is 4.74 Å². The minimum Gasteiger partial charge on any atom is -0.481 e. The minimum absolute atomic E-state index is 0.0169. The fourth-order valence-electron chi connectivity index (χ4n) is 6.75. The maximum atomic E-state index is 15.9. The van der Waals surface area contributed by atoms with Crippen LogP contribution in [0.4, 0.5) is 17.6 Å². The van der Waals surface area contributed by atoms with Crippen LogP contribution in [0.3, 0.4) is 0 Å². The molecular formula is C38H34F4N6O4. The van der Waals surface area contributed by atoms with E-state index in [0.29, 0.717) is 22.0 Å². The Labute approximate surface area is 295 Å². The third-order valence-corrected chi connectivity index (χ3v) is 9.80. The number of carbonyl (C=O) groups excluding carboxylic acids is 1. The van der Waals surface area contributed by atoms with Crippen molar-refractivity contribution in [2.75, 3.05) is 6.61 Å². The summed E-state index contributed by atoms with van der Waals surface area (Å²) in [7, 11) is 1.52. The van der Waals surface area contributed by atoms with E-state index in [-0.39, 0.29) is 59.2 Å². The van der Waals surface area contributed by atoms with Crippen molar-refractivity contribution in [3.8, 4) is 17.3 Å². The van der Waals surface area contributed by atoms with Crippen LogP contribution >= 0.6 is 0 Å². The first-order valence-corrected chi connectivity index (χ1v) is 16.6. The number of carbonyl (C=O) groups is 2. The van der Waals surface area contributed by atoms with Crippen molar-refractivity contribution < 1.29 is 37.0 Å². The molecule has 14 heteroatoms. The SMILES string of the molecule is C[C@H](Cc1cccc(C2(C)CCC(F)(F)COc3ccnn3Cc3c(c(F)cc4[nH]ccc34)C(=O)c3ccc(F)c(c3)-c3nc2nn3C)c1)C(=O)O. The van der Waals surface area contributed by atoms with Gasteiger partial charge >= 0.3 is 5.97 Å². The molecule has 7 rings (SSSR count). The lowest BCUT2D eigenvalue weighted by atomic mass is 9.76. The molecule has 3 aromatic carbocycles. The van der Waals surface area contributed by atoms with Gasteiger partial charge in [0.2, 0.25) is 5.88 Å². The number of nitrogens with zero attached hydrogens (tertiary/aromatic N) is 5. The highest BCUT2D eigenvalue weighted by atomic mass is 19.3. The van der Waals surface area contributed by atoms with Crippen LogP contribution in [0, 0.1) is 17.6 Å². The summed E-state index contributed by atoms with van der Waals surface area (Å²) in [6.45, 7) is 2.06. The van der Waals surface area contributed by atoms with E-state index >= 15 is 17.6 Å². The predicted octanol–water partition coefficient (Wildman–Crippen LogP) is 7.09. The number of H-pyrrole nitrogens is 1. The van der Waals surface area contributed by atoms with Crippen LogP contribution in [0.15, 0.2) is 73.1 Å². The van der Waals surface area contributed by atoms with Crippen LogP contribution in [0.2, 0.25) is 0 Å². The largest absolute Gasteiger partial charge is 0.481 e. The highest BCUT2D eigenvalue weighted by Gasteiger charge is 2.40. The zero-order valence-electron chi connectivity index (χ0n) is 28.5. The summed E-state index contributed by atoms with van der Waals surface area (Å²) in [5.74, 6) is -7.25. The molecule has 268 valence electrons. The third kappa shape index (κ3) is 6.33. The van der Waals surface area contributed by atoms with Gasteiger partial charge in [-0.2, -0.15) is 10.2 Å². The van der Waals surface area contributed by atoms with Crippen molar-refractivity contribution in [1.82, 2.24) is 29.5 Å². The lowest BCUT2D eigenvalue weighted by Gasteiger charge is -2.30. The standard InChI is InChI=1S/C38H34F4N6O4/c1-21(35(50)51)15-22-5-4-6-24(16-22)37(2)11-12-38(41,42)20-52-31-10-14-44-48(31)19-27-25-9-13-43-30(25)18-29(40)32(27)33(49)23-7-8-28(39)26(17-23)34-45-36(37)46-47(34)3/h4-10,13-14,16-18,21,43H,11-12,15,19-20H2,1-3H3,(H,50,51)/t21-,37?/m1/s1. The molecule has 4 bridgehead atoms. The molecule has 0 amide bonds. The number of nitrogens with one attached hydrogen (secondary N) is 1. The van der Waals surface area contributed by atoms with Gasteiger partial charge in [0.15, 0.2) is 24.0 Å². The van der Waals surface area contributed by atoms with Crippen molar-refractivity contribution in [3.63, 3.8) is 0 Å². The molecule has 10 nitrogen and oxygen atoms in total. The average Bonchev–Trinajstić information content (AvgIpc) is 3.86. The molecule has 3 aromatic heterocycles. The van der Waals surface area contributed by atoms with Crippen LogP contribution in [-0.4, -0.2) is 58.9 Å². The van der Waals surface area contributed by atoms with E-state index in [9.17, 15) is 14.7 Å². The number of rotatable bonds is 4. The number of hydrogen-bond acceptors (Lipinski definition) is 6. The first-order chi connectivity index (χ1) is 24.7. The van der Waals surface area contributed by atoms with E-state index in [4.69, 9.17) is 4.74 Å². The van der Waals surface area contributed by atoms with Gasteiger partial charge in [0.1, 0.15) is 11.6 Å². The number of aromatic amines is 1. The third-order valence-electron chi connectivity index (χ3n) is 9.80. The number of halogens is 4. The second-order valence-electron chi connectivity index (χ2n) is 13.5. The Morgan fingerprint density at radius 2 is 1.88 bits per heavy atom. The molecule has 1 aliphatic rings. The molecule has 2 atom stereocenters. The van der Waals surface area contributed by atoms with Gasteiger partial charge < -0.3 is 14.8 Å². The molecule has 52 heavy (non-hydrogen) atoms. The number of aliphatic carboxylic acids is 1. The number of aromatic nitrogens is 6. The lowest BCUT2D eigenvalue weighted by molar-refractivity contribution is -0.141. The highest BCUT2D eigenvalue weighted by Crippen LogP contribution is 2.40. The minimum atomic E-state index is -3.37. The van der Waals surface area contributed by atoms with Gasteiger partial charge in [0.25, 0.3) is 5.92 Å². The molecule has 0 spiro atoms. The number of ether oxygens (including phenoxy) is 1. The van der Waals surface area contributed by atoms with Crippen LogP contribution in [-0.2, 0) is 30.2 Å². The van der Waals surface area contributed by atoms with Crippen molar-refractivity contribution >= 4 is 22.7 Å². The topological polar surface area (TPSA) is 128 Å². The smallest absolute Gasteiger partial charge is 0.306 e. The molecule has 0 saturated heterocycles. The number of alkyl halides is 2. The van der Waals surface area contributed by atoms with E-state index in [1.54, 1.807) is 50.4 Å². The van der Waals surface area contributed by atoms with E-state index in [2.05, 4.69) is 20.2 Å². The maximum absolute atomic E-state index is 15.9. The number of hydrogen-bond donors (Lipinski definition) is 2. The van der Waals surface area contributed by atoms with Gasteiger partial charge in [0, 0.05) is 42.2 Å². The molecule has 1 aliphatic heterocycles. The Kier molecular flexibility index (Phi) is 8.71. The number of carboxylic acid groups (broad SMARTS) is 1. The monoisotopic (exact) mass is 714 g/mol. The van der Waals surface area contributed by atoms with Crippen LogP contribution in [0.1, 0.15) is 65.1 Å². The maximum Gasteiger partial charge on any atom is 0.306 e. The van der Waals surface area contributed by atoms with Gasteiger partial charge in [-0.15, -0.1) is 0 Å². The Hall–Kier alpha value is -5.79.